The summed E-state index contributed by atoms with van der Waals surface area (Å²) in [5.74, 6) is -1.49. The first-order valence-electron chi connectivity index (χ1n) is 8.63. The molecule has 0 aliphatic carbocycles. The smallest absolute Gasteiger partial charge is 0.411 e. The molecule has 1 amide bonds. The lowest BCUT2D eigenvalue weighted by atomic mass is 10.1. The lowest BCUT2D eigenvalue weighted by molar-refractivity contribution is 0.131. The van der Waals surface area contributed by atoms with Gasteiger partial charge in [-0.1, -0.05) is 12.1 Å². The first kappa shape index (κ1) is 20.2. The Kier molecular flexibility index (Phi) is 6.30. The van der Waals surface area contributed by atoms with Crippen LogP contribution in [0.5, 0.6) is 0 Å². The Labute approximate surface area is 164 Å². The van der Waals surface area contributed by atoms with Crippen molar-refractivity contribution in [1.82, 2.24) is 9.78 Å². The summed E-state index contributed by atoms with van der Waals surface area (Å²) in [7, 11) is 0. The molecule has 0 saturated carbocycles. The van der Waals surface area contributed by atoms with Crippen molar-refractivity contribution in [2.45, 2.75) is 6.54 Å². The summed E-state index contributed by atoms with van der Waals surface area (Å²) in [4.78, 5) is 23.7. The van der Waals surface area contributed by atoms with Crippen LogP contribution in [0.1, 0.15) is 5.56 Å². The fraction of sp³-hybridized carbons (Fsp3) is 0.150. The standard InChI is InChI=1S/C20H17F2N3O4/c21-15-9-14(10-16(22)11-15)18-4-5-19(27)25(24-18)12-13-2-1-3-17(8-13)23-20(28)29-7-6-26/h1-5,8-11,26H,6-7,12H2,(H,23,28). The molecular formula is C20H17F2N3O4. The fourth-order valence-electron chi connectivity index (χ4n) is 2.63. The number of hydrogen-bond donors (Lipinski definition) is 2. The topological polar surface area (TPSA) is 93.5 Å². The summed E-state index contributed by atoms with van der Waals surface area (Å²) in [5.41, 5.74) is 1.14. The first-order chi connectivity index (χ1) is 13.9. The second-order valence-corrected chi connectivity index (χ2v) is 6.06. The quantitative estimate of drug-likeness (QED) is 0.663. The van der Waals surface area contributed by atoms with E-state index in [1.165, 1.54) is 12.1 Å². The van der Waals surface area contributed by atoms with E-state index in [9.17, 15) is 18.4 Å². The number of rotatable bonds is 6. The summed E-state index contributed by atoms with van der Waals surface area (Å²) in [6, 6.07) is 12.3. The van der Waals surface area contributed by atoms with Gasteiger partial charge in [-0.2, -0.15) is 5.10 Å². The molecular weight excluding hydrogens is 384 g/mol. The molecule has 29 heavy (non-hydrogen) atoms. The van der Waals surface area contributed by atoms with Crippen molar-refractivity contribution in [3.63, 3.8) is 0 Å². The minimum absolute atomic E-state index is 0.0751. The Morgan fingerprint density at radius 2 is 1.86 bits per heavy atom. The average molecular weight is 401 g/mol. The molecule has 0 atom stereocenters. The predicted molar refractivity (Wildman–Crippen MR) is 101 cm³/mol. The molecule has 0 aliphatic heterocycles. The van der Waals surface area contributed by atoms with Crippen molar-refractivity contribution in [3.8, 4) is 11.3 Å². The monoisotopic (exact) mass is 401 g/mol. The molecule has 0 bridgehead atoms. The van der Waals surface area contributed by atoms with E-state index >= 15 is 0 Å². The highest BCUT2D eigenvalue weighted by Crippen LogP contribution is 2.19. The van der Waals surface area contributed by atoms with Gasteiger partial charge in [0.2, 0.25) is 0 Å². The maximum Gasteiger partial charge on any atom is 0.411 e. The number of benzene rings is 2. The third kappa shape index (κ3) is 5.45. The van der Waals surface area contributed by atoms with Gasteiger partial charge in [0.05, 0.1) is 18.8 Å². The van der Waals surface area contributed by atoms with Crippen LogP contribution < -0.4 is 10.9 Å². The van der Waals surface area contributed by atoms with Crippen molar-refractivity contribution in [1.29, 1.82) is 0 Å². The van der Waals surface area contributed by atoms with Gasteiger partial charge >= 0.3 is 6.09 Å². The summed E-state index contributed by atoms with van der Waals surface area (Å²) in [6.07, 6.45) is -0.721. The molecule has 3 aromatic rings. The van der Waals surface area contributed by atoms with Crippen LogP contribution in [0.2, 0.25) is 0 Å². The number of nitrogens with zero attached hydrogens (tertiary/aromatic N) is 2. The van der Waals surface area contributed by atoms with Gasteiger partial charge in [-0.25, -0.2) is 18.3 Å². The second-order valence-electron chi connectivity index (χ2n) is 6.06. The van der Waals surface area contributed by atoms with Crippen LogP contribution in [0.15, 0.2) is 59.4 Å². The summed E-state index contributed by atoms with van der Waals surface area (Å²) < 4.78 is 32.8. The highest BCUT2D eigenvalue weighted by atomic mass is 19.1. The predicted octanol–water partition coefficient (Wildman–Crippen LogP) is 2.78. The third-order valence-corrected chi connectivity index (χ3v) is 3.86. The largest absolute Gasteiger partial charge is 0.447 e. The molecule has 0 saturated heterocycles. The van der Waals surface area contributed by atoms with E-state index < -0.39 is 23.3 Å². The summed E-state index contributed by atoms with van der Waals surface area (Å²) in [6.45, 7) is -0.336. The number of ether oxygens (including phenoxy) is 1. The van der Waals surface area contributed by atoms with E-state index in [-0.39, 0.29) is 31.0 Å². The van der Waals surface area contributed by atoms with Gasteiger partial charge in [-0.15, -0.1) is 0 Å². The van der Waals surface area contributed by atoms with Gasteiger partial charge < -0.3 is 9.84 Å². The van der Waals surface area contributed by atoms with Crippen molar-refractivity contribution >= 4 is 11.8 Å². The van der Waals surface area contributed by atoms with E-state index in [0.29, 0.717) is 11.3 Å². The Hall–Kier alpha value is -3.59. The van der Waals surface area contributed by atoms with Crippen LogP contribution in [0.4, 0.5) is 19.3 Å². The normalized spacial score (nSPS) is 10.6. The van der Waals surface area contributed by atoms with Gasteiger partial charge in [-0.05, 0) is 35.9 Å². The molecule has 150 valence electrons. The molecule has 0 spiro atoms. The molecule has 1 aromatic heterocycles. The Morgan fingerprint density at radius 3 is 2.59 bits per heavy atom. The van der Waals surface area contributed by atoms with Gasteiger partial charge in [0.1, 0.15) is 18.2 Å². The van der Waals surface area contributed by atoms with Crippen molar-refractivity contribution in [2.24, 2.45) is 0 Å². The van der Waals surface area contributed by atoms with Gasteiger partial charge in [-0.3, -0.25) is 10.1 Å². The minimum atomic E-state index is -0.744. The SMILES string of the molecule is O=C(Nc1cccc(Cn2nc(-c3cc(F)cc(F)c3)ccc2=O)c1)OCCO. The fourth-order valence-corrected chi connectivity index (χ4v) is 2.63. The molecule has 0 unspecified atom stereocenters. The lowest BCUT2D eigenvalue weighted by Gasteiger charge is -2.10. The summed E-state index contributed by atoms with van der Waals surface area (Å²) in [5, 5.41) is 15.4. The Morgan fingerprint density at radius 1 is 1.10 bits per heavy atom. The van der Waals surface area contributed by atoms with Crippen molar-refractivity contribution in [3.05, 3.63) is 82.1 Å². The number of aromatic nitrogens is 2. The third-order valence-electron chi connectivity index (χ3n) is 3.86. The number of anilines is 1. The van der Waals surface area contributed by atoms with Gasteiger partial charge in [0.25, 0.3) is 5.56 Å². The average Bonchev–Trinajstić information content (AvgIpc) is 2.67. The molecule has 0 aliphatic rings. The van der Waals surface area contributed by atoms with Crippen molar-refractivity contribution in [2.75, 3.05) is 18.5 Å². The number of carbonyl (C=O) groups is 1. The number of carbonyl (C=O) groups excluding carboxylic acids is 1. The van der Waals surface area contributed by atoms with E-state index in [4.69, 9.17) is 9.84 Å². The number of aliphatic hydroxyl groups is 1. The first-order valence-corrected chi connectivity index (χ1v) is 8.63. The Bertz CT molecular complexity index is 1070. The number of nitrogens with one attached hydrogen (secondary N) is 1. The van der Waals surface area contributed by atoms with Crippen LogP contribution in [0, 0.1) is 11.6 Å². The number of hydrogen-bond acceptors (Lipinski definition) is 5. The second kappa shape index (κ2) is 9.07. The molecule has 0 fully saturated rings. The minimum Gasteiger partial charge on any atom is -0.447 e. The van der Waals surface area contributed by atoms with E-state index in [1.54, 1.807) is 24.3 Å². The molecule has 3 rings (SSSR count). The number of amides is 1. The summed E-state index contributed by atoms with van der Waals surface area (Å²) >= 11 is 0. The molecule has 7 nitrogen and oxygen atoms in total. The zero-order valence-electron chi connectivity index (χ0n) is 15.1. The van der Waals surface area contributed by atoms with Gasteiger partial charge in [0, 0.05) is 23.4 Å². The van der Waals surface area contributed by atoms with Crippen LogP contribution in [-0.4, -0.2) is 34.2 Å². The van der Waals surface area contributed by atoms with E-state index in [2.05, 4.69) is 10.4 Å². The molecule has 0 radical (unpaired) electrons. The molecule has 1 heterocycles. The van der Waals surface area contributed by atoms with Crippen LogP contribution in [-0.2, 0) is 11.3 Å². The highest BCUT2D eigenvalue weighted by Gasteiger charge is 2.09. The Balaban J connectivity index is 1.82. The lowest BCUT2D eigenvalue weighted by Crippen LogP contribution is -2.23. The maximum absolute atomic E-state index is 13.5. The van der Waals surface area contributed by atoms with Crippen LogP contribution in [0.3, 0.4) is 0 Å². The van der Waals surface area contributed by atoms with Crippen LogP contribution in [0.25, 0.3) is 11.3 Å². The maximum atomic E-state index is 13.5. The van der Waals surface area contributed by atoms with Crippen LogP contribution >= 0.6 is 0 Å². The molecule has 2 N–H and O–H groups in total. The molecule has 2 aromatic carbocycles. The van der Waals surface area contributed by atoms with Gasteiger partial charge in [0.15, 0.2) is 0 Å². The van der Waals surface area contributed by atoms with E-state index in [0.717, 1.165) is 22.9 Å². The van der Waals surface area contributed by atoms with E-state index in [1.807, 2.05) is 0 Å². The number of halogens is 2. The zero-order valence-corrected chi connectivity index (χ0v) is 15.1. The zero-order chi connectivity index (χ0) is 20.8. The van der Waals surface area contributed by atoms with Crippen molar-refractivity contribution < 1.29 is 23.4 Å². The molecule has 9 heteroatoms. The number of aliphatic hydroxyl groups excluding tert-OH is 1. The highest BCUT2D eigenvalue weighted by molar-refractivity contribution is 5.84.